The van der Waals surface area contributed by atoms with E-state index in [-0.39, 0.29) is 23.1 Å². The van der Waals surface area contributed by atoms with Crippen molar-refractivity contribution in [1.82, 2.24) is 0 Å². The van der Waals surface area contributed by atoms with Crippen LogP contribution in [0.5, 0.6) is 0 Å². The van der Waals surface area contributed by atoms with Crippen LogP contribution in [-0.2, 0) is 19.1 Å². The molecule has 0 aromatic carbocycles. The number of esters is 2. The summed E-state index contributed by atoms with van der Waals surface area (Å²) in [4.78, 5) is 23.8. The molecule has 1 heterocycles. The summed E-state index contributed by atoms with van der Waals surface area (Å²) in [6, 6.07) is 0. The number of ether oxygens (including phenoxy) is 2. The summed E-state index contributed by atoms with van der Waals surface area (Å²) in [5.41, 5.74) is 0. The monoisotopic (exact) mass is 288 g/mol. The van der Waals surface area contributed by atoms with Gasteiger partial charge in [-0.25, -0.2) is 0 Å². The Bertz CT molecular complexity index is 265. The van der Waals surface area contributed by atoms with Crippen LogP contribution in [0.4, 0.5) is 0 Å². The largest absolute Gasteiger partial charge is 0.465 e. The predicted octanol–water partition coefficient (Wildman–Crippen LogP) is 2.79. The van der Waals surface area contributed by atoms with Crippen LogP contribution in [0.2, 0.25) is 0 Å². The molecule has 5 heteroatoms. The van der Waals surface area contributed by atoms with Gasteiger partial charge in [0.1, 0.15) is 5.25 Å². The molecular formula is C14H24O4S. The highest BCUT2D eigenvalue weighted by atomic mass is 32.2. The van der Waals surface area contributed by atoms with Crippen molar-refractivity contribution in [2.75, 3.05) is 19.0 Å². The van der Waals surface area contributed by atoms with Gasteiger partial charge in [-0.05, 0) is 25.0 Å². The summed E-state index contributed by atoms with van der Waals surface area (Å²) in [6.07, 6.45) is 4.44. The predicted molar refractivity (Wildman–Crippen MR) is 76.1 cm³/mol. The number of carbonyl (C=O) groups is 2. The van der Waals surface area contributed by atoms with Crippen molar-refractivity contribution in [3.63, 3.8) is 0 Å². The van der Waals surface area contributed by atoms with Crippen LogP contribution in [0.15, 0.2) is 0 Å². The first kappa shape index (κ1) is 16.3. The zero-order valence-corrected chi connectivity index (χ0v) is 12.7. The summed E-state index contributed by atoms with van der Waals surface area (Å²) in [7, 11) is 0. The highest BCUT2D eigenvalue weighted by Crippen LogP contribution is 2.34. The van der Waals surface area contributed by atoms with Gasteiger partial charge in [0.2, 0.25) is 0 Å². The first-order valence-electron chi connectivity index (χ1n) is 7.15. The fraction of sp³-hybridized carbons (Fsp3) is 0.857. The summed E-state index contributed by atoms with van der Waals surface area (Å²) >= 11 is 1.51. The second kappa shape index (κ2) is 9.23. The molecular weight excluding hydrogens is 264 g/mol. The Labute approximate surface area is 119 Å². The minimum absolute atomic E-state index is 0.240. The lowest BCUT2D eigenvalue weighted by Gasteiger charge is -2.16. The highest BCUT2D eigenvalue weighted by molar-refractivity contribution is 8.00. The van der Waals surface area contributed by atoms with Crippen molar-refractivity contribution in [3.05, 3.63) is 0 Å². The van der Waals surface area contributed by atoms with Crippen molar-refractivity contribution in [2.45, 2.75) is 51.2 Å². The Morgan fingerprint density at radius 1 is 1.05 bits per heavy atom. The summed E-state index contributed by atoms with van der Waals surface area (Å²) in [6.45, 7) is 5.00. The standard InChI is InChI=1S/C14H24O4S/c1-3-5-8-17-13(15)11-7-10-19-12(11)14(16)18-9-6-4-2/h11-12H,3-10H2,1-2H3. The topological polar surface area (TPSA) is 52.6 Å². The SMILES string of the molecule is CCCCOC(=O)C1CCSC1C(=O)OCCCC. The molecule has 2 atom stereocenters. The average Bonchev–Trinajstić information content (AvgIpc) is 2.88. The van der Waals surface area contributed by atoms with E-state index in [1.807, 2.05) is 13.8 Å². The Kier molecular flexibility index (Phi) is 7.94. The lowest BCUT2D eigenvalue weighted by Crippen LogP contribution is -2.32. The van der Waals surface area contributed by atoms with Gasteiger partial charge >= 0.3 is 11.9 Å². The highest BCUT2D eigenvalue weighted by Gasteiger charge is 2.40. The van der Waals surface area contributed by atoms with Crippen LogP contribution in [0, 0.1) is 5.92 Å². The molecule has 0 saturated carbocycles. The maximum absolute atomic E-state index is 11.9. The summed E-state index contributed by atoms with van der Waals surface area (Å²) in [5.74, 6) is 0.00133. The fourth-order valence-corrected chi connectivity index (χ4v) is 3.21. The zero-order chi connectivity index (χ0) is 14.1. The molecule has 1 saturated heterocycles. The van der Waals surface area contributed by atoms with E-state index in [0.717, 1.165) is 31.4 Å². The molecule has 0 aromatic rings. The normalized spacial score (nSPS) is 22.2. The van der Waals surface area contributed by atoms with E-state index in [1.165, 1.54) is 11.8 Å². The molecule has 19 heavy (non-hydrogen) atoms. The van der Waals surface area contributed by atoms with Gasteiger partial charge in [-0.1, -0.05) is 26.7 Å². The van der Waals surface area contributed by atoms with E-state index in [4.69, 9.17) is 9.47 Å². The summed E-state index contributed by atoms with van der Waals surface area (Å²) < 4.78 is 10.4. The molecule has 1 aliphatic heterocycles. The number of hydrogen-bond donors (Lipinski definition) is 0. The lowest BCUT2D eigenvalue weighted by molar-refractivity contribution is -0.154. The Hall–Kier alpha value is -0.710. The Morgan fingerprint density at radius 2 is 1.63 bits per heavy atom. The molecule has 0 amide bonds. The zero-order valence-electron chi connectivity index (χ0n) is 11.9. The van der Waals surface area contributed by atoms with E-state index in [1.54, 1.807) is 0 Å². The molecule has 110 valence electrons. The average molecular weight is 288 g/mol. The van der Waals surface area contributed by atoms with Crippen molar-refractivity contribution in [2.24, 2.45) is 5.92 Å². The second-order valence-electron chi connectivity index (χ2n) is 4.73. The van der Waals surface area contributed by atoms with Crippen molar-refractivity contribution in [3.8, 4) is 0 Å². The third-order valence-corrected chi connectivity index (χ3v) is 4.46. The van der Waals surface area contributed by atoms with Crippen molar-refractivity contribution < 1.29 is 19.1 Å². The van der Waals surface area contributed by atoms with Crippen molar-refractivity contribution in [1.29, 1.82) is 0 Å². The number of rotatable bonds is 8. The molecule has 0 N–H and O–H groups in total. The van der Waals surface area contributed by atoms with Gasteiger partial charge in [0.25, 0.3) is 0 Å². The van der Waals surface area contributed by atoms with E-state index < -0.39 is 0 Å². The number of thioether (sulfide) groups is 1. The molecule has 2 unspecified atom stereocenters. The van der Waals surface area contributed by atoms with Crippen LogP contribution in [0.1, 0.15) is 46.0 Å². The van der Waals surface area contributed by atoms with E-state index in [2.05, 4.69) is 0 Å². The lowest BCUT2D eigenvalue weighted by atomic mass is 10.0. The molecule has 4 nitrogen and oxygen atoms in total. The fourth-order valence-electron chi connectivity index (χ4n) is 1.89. The van der Waals surface area contributed by atoms with Gasteiger partial charge in [0.05, 0.1) is 19.1 Å². The van der Waals surface area contributed by atoms with Crippen LogP contribution in [0.25, 0.3) is 0 Å². The van der Waals surface area contributed by atoms with Gasteiger partial charge in [0.15, 0.2) is 0 Å². The molecule has 0 aromatic heterocycles. The minimum Gasteiger partial charge on any atom is -0.465 e. The quantitative estimate of drug-likeness (QED) is 0.508. The molecule has 0 aliphatic carbocycles. The molecule has 1 fully saturated rings. The van der Waals surface area contributed by atoms with Crippen molar-refractivity contribution >= 4 is 23.7 Å². The van der Waals surface area contributed by atoms with Crippen LogP contribution < -0.4 is 0 Å². The number of carbonyl (C=O) groups excluding carboxylic acids is 2. The van der Waals surface area contributed by atoms with E-state index >= 15 is 0 Å². The van der Waals surface area contributed by atoms with Gasteiger partial charge in [-0.3, -0.25) is 9.59 Å². The molecule has 0 bridgehead atoms. The molecule has 0 spiro atoms. The Balaban J connectivity index is 2.39. The smallest absolute Gasteiger partial charge is 0.319 e. The van der Waals surface area contributed by atoms with Crippen LogP contribution in [0.3, 0.4) is 0 Å². The molecule has 1 rings (SSSR count). The first-order valence-corrected chi connectivity index (χ1v) is 8.20. The van der Waals surface area contributed by atoms with Crippen LogP contribution >= 0.6 is 11.8 Å². The van der Waals surface area contributed by atoms with Gasteiger partial charge in [-0.15, -0.1) is 11.8 Å². The summed E-state index contributed by atoms with van der Waals surface area (Å²) in [5, 5.41) is -0.369. The van der Waals surface area contributed by atoms with Gasteiger partial charge in [0, 0.05) is 0 Å². The third kappa shape index (κ3) is 5.43. The third-order valence-electron chi connectivity index (χ3n) is 3.11. The second-order valence-corrected chi connectivity index (χ2v) is 5.98. The number of hydrogen-bond acceptors (Lipinski definition) is 5. The first-order chi connectivity index (χ1) is 9.20. The van der Waals surface area contributed by atoms with E-state index in [9.17, 15) is 9.59 Å². The minimum atomic E-state index is -0.369. The van der Waals surface area contributed by atoms with Gasteiger partial charge < -0.3 is 9.47 Å². The maximum Gasteiger partial charge on any atom is 0.319 e. The van der Waals surface area contributed by atoms with Crippen LogP contribution in [-0.4, -0.2) is 36.2 Å². The number of unbranched alkanes of at least 4 members (excludes halogenated alkanes) is 2. The maximum atomic E-state index is 11.9. The molecule has 1 aliphatic rings. The van der Waals surface area contributed by atoms with E-state index in [0.29, 0.717) is 19.6 Å². The Morgan fingerprint density at radius 3 is 2.21 bits per heavy atom. The van der Waals surface area contributed by atoms with Gasteiger partial charge in [-0.2, -0.15) is 0 Å². The molecule has 0 radical (unpaired) electrons.